The number of methoxy groups -OCH3 is 1. The summed E-state index contributed by atoms with van der Waals surface area (Å²) in [6.07, 6.45) is 1.62. The SMILES string of the molecule is COC(=O)c1cc(-c2cnnn2C)sn1. The van der Waals surface area contributed by atoms with Crippen LogP contribution in [0.1, 0.15) is 10.5 Å². The minimum Gasteiger partial charge on any atom is -0.464 e. The second-order valence-corrected chi connectivity index (χ2v) is 3.62. The Kier molecular flexibility index (Phi) is 2.46. The lowest BCUT2D eigenvalue weighted by molar-refractivity contribution is 0.0595. The Morgan fingerprint density at radius 1 is 1.60 bits per heavy atom. The standard InChI is InChI=1S/C8H8N4O2S/c1-12-6(4-9-11-12)7-3-5(10-15-7)8(13)14-2/h3-4H,1-2H3. The zero-order valence-corrected chi connectivity index (χ0v) is 8.98. The summed E-state index contributed by atoms with van der Waals surface area (Å²) >= 11 is 1.21. The number of nitrogens with zero attached hydrogens (tertiary/aromatic N) is 4. The second kappa shape index (κ2) is 3.77. The van der Waals surface area contributed by atoms with Crippen LogP contribution >= 0.6 is 11.5 Å². The van der Waals surface area contributed by atoms with E-state index in [1.807, 2.05) is 0 Å². The average molecular weight is 224 g/mol. The van der Waals surface area contributed by atoms with Gasteiger partial charge < -0.3 is 4.74 Å². The Balaban J connectivity index is 2.36. The molecular formula is C8H8N4O2S. The van der Waals surface area contributed by atoms with E-state index >= 15 is 0 Å². The van der Waals surface area contributed by atoms with E-state index < -0.39 is 5.97 Å². The summed E-state index contributed by atoms with van der Waals surface area (Å²) in [6.45, 7) is 0. The van der Waals surface area contributed by atoms with E-state index in [4.69, 9.17) is 0 Å². The predicted octanol–water partition coefficient (Wildman–Crippen LogP) is 0.725. The molecule has 0 amide bonds. The largest absolute Gasteiger partial charge is 0.464 e. The van der Waals surface area contributed by atoms with Crippen LogP contribution in [0.25, 0.3) is 10.6 Å². The molecule has 0 saturated carbocycles. The number of carbonyl (C=O) groups is 1. The van der Waals surface area contributed by atoms with Gasteiger partial charge in [0.25, 0.3) is 0 Å². The number of aromatic nitrogens is 4. The normalized spacial score (nSPS) is 10.3. The second-order valence-electron chi connectivity index (χ2n) is 2.81. The van der Waals surface area contributed by atoms with Crippen LogP contribution in [-0.2, 0) is 11.8 Å². The van der Waals surface area contributed by atoms with Crippen LogP contribution in [-0.4, -0.2) is 32.4 Å². The first-order valence-electron chi connectivity index (χ1n) is 4.12. The van der Waals surface area contributed by atoms with Crippen molar-refractivity contribution in [3.63, 3.8) is 0 Å². The van der Waals surface area contributed by atoms with E-state index in [0.29, 0.717) is 5.69 Å². The summed E-state index contributed by atoms with van der Waals surface area (Å²) in [5.74, 6) is -0.437. The highest BCUT2D eigenvalue weighted by atomic mass is 32.1. The lowest BCUT2D eigenvalue weighted by Gasteiger charge is -1.93. The first kappa shape index (κ1) is 9.78. The molecule has 6 nitrogen and oxygen atoms in total. The van der Waals surface area contributed by atoms with Crippen molar-refractivity contribution in [2.75, 3.05) is 7.11 Å². The van der Waals surface area contributed by atoms with Crippen molar-refractivity contribution in [1.82, 2.24) is 19.4 Å². The number of rotatable bonds is 2. The number of carbonyl (C=O) groups excluding carboxylic acids is 1. The van der Waals surface area contributed by atoms with E-state index in [1.165, 1.54) is 18.6 Å². The van der Waals surface area contributed by atoms with E-state index in [1.54, 1.807) is 24.0 Å². The quantitative estimate of drug-likeness (QED) is 0.703. The van der Waals surface area contributed by atoms with Gasteiger partial charge in [0.1, 0.15) is 0 Å². The summed E-state index contributed by atoms with van der Waals surface area (Å²) < 4.78 is 10.2. The number of esters is 1. The minimum absolute atomic E-state index is 0.304. The molecule has 0 saturated heterocycles. The first-order chi connectivity index (χ1) is 7.22. The van der Waals surface area contributed by atoms with Crippen molar-refractivity contribution in [1.29, 1.82) is 0 Å². The third kappa shape index (κ3) is 1.73. The summed E-state index contributed by atoms with van der Waals surface area (Å²) in [5, 5.41) is 7.54. The van der Waals surface area contributed by atoms with E-state index in [9.17, 15) is 4.79 Å². The first-order valence-corrected chi connectivity index (χ1v) is 4.90. The molecule has 0 unspecified atom stereocenters. The maximum absolute atomic E-state index is 11.2. The zero-order chi connectivity index (χ0) is 10.8. The van der Waals surface area contributed by atoms with Crippen LogP contribution in [0.15, 0.2) is 12.3 Å². The minimum atomic E-state index is -0.437. The molecule has 0 N–H and O–H groups in total. The lowest BCUT2D eigenvalue weighted by Crippen LogP contribution is -2.00. The molecule has 0 bridgehead atoms. The summed E-state index contributed by atoms with van der Waals surface area (Å²) in [7, 11) is 3.10. The average Bonchev–Trinajstić information content (AvgIpc) is 2.84. The van der Waals surface area contributed by atoms with Crippen molar-refractivity contribution in [2.45, 2.75) is 0 Å². The molecule has 0 radical (unpaired) electrons. The Hall–Kier alpha value is -1.76. The topological polar surface area (TPSA) is 69.9 Å². The van der Waals surface area contributed by atoms with Gasteiger partial charge in [0, 0.05) is 7.05 Å². The van der Waals surface area contributed by atoms with Gasteiger partial charge in [-0.15, -0.1) is 5.10 Å². The van der Waals surface area contributed by atoms with E-state index in [2.05, 4.69) is 19.4 Å². The Bertz CT molecular complexity index is 490. The van der Waals surface area contributed by atoms with Gasteiger partial charge >= 0.3 is 5.97 Å². The monoisotopic (exact) mass is 224 g/mol. The van der Waals surface area contributed by atoms with Gasteiger partial charge in [0.2, 0.25) is 0 Å². The molecule has 2 aromatic rings. The lowest BCUT2D eigenvalue weighted by atomic mass is 10.3. The molecule has 7 heteroatoms. The van der Waals surface area contributed by atoms with Crippen LogP contribution in [0, 0.1) is 0 Å². The number of hydrogen-bond acceptors (Lipinski definition) is 6. The van der Waals surface area contributed by atoms with Crippen molar-refractivity contribution < 1.29 is 9.53 Å². The Morgan fingerprint density at radius 3 is 3.00 bits per heavy atom. The molecule has 0 aromatic carbocycles. The van der Waals surface area contributed by atoms with Crippen molar-refractivity contribution >= 4 is 17.5 Å². The number of ether oxygens (including phenoxy) is 1. The maximum atomic E-state index is 11.2. The van der Waals surface area contributed by atoms with Gasteiger partial charge in [-0.3, -0.25) is 0 Å². The van der Waals surface area contributed by atoms with Crippen molar-refractivity contribution in [3.05, 3.63) is 18.0 Å². The van der Waals surface area contributed by atoms with Crippen LogP contribution in [0.2, 0.25) is 0 Å². The third-order valence-electron chi connectivity index (χ3n) is 1.87. The zero-order valence-electron chi connectivity index (χ0n) is 8.17. The summed E-state index contributed by atoms with van der Waals surface area (Å²) in [4.78, 5) is 12.0. The molecule has 0 aliphatic rings. The van der Waals surface area contributed by atoms with Crippen LogP contribution in [0.5, 0.6) is 0 Å². The predicted molar refractivity (Wildman–Crippen MR) is 53.5 cm³/mol. The highest BCUT2D eigenvalue weighted by Gasteiger charge is 2.13. The smallest absolute Gasteiger partial charge is 0.357 e. The Morgan fingerprint density at radius 2 is 2.40 bits per heavy atom. The number of hydrogen-bond donors (Lipinski definition) is 0. The number of aryl methyl sites for hydroxylation is 1. The summed E-state index contributed by atoms with van der Waals surface area (Å²) in [5.41, 5.74) is 1.13. The molecular weight excluding hydrogens is 216 g/mol. The molecule has 0 aliphatic carbocycles. The molecule has 2 aromatic heterocycles. The fourth-order valence-electron chi connectivity index (χ4n) is 1.11. The molecule has 2 heterocycles. The van der Waals surface area contributed by atoms with E-state index in [-0.39, 0.29) is 0 Å². The molecule has 0 aliphatic heterocycles. The molecule has 0 atom stereocenters. The Labute approximate surface area is 89.7 Å². The molecule has 78 valence electrons. The van der Waals surface area contributed by atoms with Crippen LogP contribution in [0.4, 0.5) is 0 Å². The van der Waals surface area contributed by atoms with Gasteiger partial charge in [-0.05, 0) is 17.6 Å². The van der Waals surface area contributed by atoms with Gasteiger partial charge in [-0.2, -0.15) is 4.37 Å². The van der Waals surface area contributed by atoms with Crippen LogP contribution in [0.3, 0.4) is 0 Å². The van der Waals surface area contributed by atoms with Gasteiger partial charge in [-0.1, -0.05) is 5.21 Å². The van der Waals surface area contributed by atoms with Gasteiger partial charge in [-0.25, -0.2) is 9.48 Å². The maximum Gasteiger partial charge on any atom is 0.357 e. The van der Waals surface area contributed by atoms with Crippen LogP contribution < -0.4 is 0 Å². The van der Waals surface area contributed by atoms with Gasteiger partial charge in [0.05, 0.1) is 23.9 Å². The fraction of sp³-hybridized carbons (Fsp3) is 0.250. The highest BCUT2D eigenvalue weighted by molar-refractivity contribution is 7.09. The summed E-state index contributed by atoms with van der Waals surface area (Å²) in [6, 6.07) is 1.66. The molecule has 0 fully saturated rings. The molecule has 0 spiro atoms. The fourth-order valence-corrected chi connectivity index (χ4v) is 1.88. The third-order valence-corrected chi connectivity index (χ3v) is 2.68. The molecule has 2 rings (SSSR count). The highest BCUT2D eigenvalue weighted by Crippen LogP contribution is 2.23. The van der Waals surface area contributed by atoms with E-state index in [0.717, 1.165) is 10.6 Å². The van der Waals surface area contributed by atoms with Gasteiger partial charge in [0.15, 0.2) is 5.69 Å². The molecule has 15 heavy (non-hydrogen) atoms. The van der Waals surface area contributed by atoms with Crippen molar-refractivity contribution in [3.8, 4) is 10.6 Å². The van der Waals surface area contributed by atoms with Crippen molar-refractivity contribution in [2.24, 2.45) is 7.05 Å².